The molecule has 33 heavy (non-hydrogen) atoms. The van der Waals surface area contributed by atoms with Gasteiger partial charge in [0.2, 0.25) is 0 Å². The molecule has 0 aliphatic carbocycles. The first kappa shape index (κ1) is 23.3. The van der Waals surface area contributed by atoms with E-state index in [1.807, 2.05) is 47.0 Å². The molecule has 3 aromatic carbocycles. The maximum atomic E-state index is 12.3. The second kappa shape index (κ2) is 10.9. The highest BCUT2D eigenvalue weighted by atomic mass is 35.5. The van der Waals surface area contributed by atoms with Crippen LogP contribution in [0, 0.1) is 0 Å². The van der Waals surface area contributed by atoms with Crippen molar-refractivity contribution in [3.63, 3.8) is 0 Å². The summed E-state index contributed by atoms with van der Waals surface area (Å²) in [7, 11) is 0. The van der Waals surface area contributed by atoms with Crippen LogP contribution >= 0.6 is 46.6 Å². The van der Waals surface area contributed by atoms with Crippen LogP contribution in [0.1, 0.15) is 5.56 Å². The topological polar surface area (TPSA) is 72.2 Å². The number of carbonyl (C=O) groups excluding carboxylic acids is 1. The average molecular weight is 517 g/mol. The first-order valence-corrected chi connectivity index (χ1v) is 11.8. The Labute approximate surface area is 209 Å². The van der Waals surface area contributed by atoms with Crippen LogP contribution in [0.15, 0.2) is 83.1 Å². The Morgan fingerprint density at radius 3 is 2.42 bits per heavy atom. The third-order valence-electron chi connectivity index (χ3n) is 4.44. The van der Waals surface area contributed by atoms with E-state index in [0.717, 1.165) is 11.3 Å². The number of hydrogen-bond acceptors (Lipinski definition) is 5. The van der Waals surface area contributed by atoms with Crippen LogP contribution in [0.3, 0.4) is 0 Å². The molecule has 0 saturated heterocycles. The number of thioether (sulfide) groups is 1. The van der Waals surface area contributed by atoms with Crippen LogP contribution in [0.4, 0.5) is 0 Å². The number of carbonyl (C=O) groups is 1. The summed E-state index contributed by atoms with van der Waals surface area (Å²) in [6, 6.07) is 22.1. The van der Waals surface area contributed by atoms with E-state index < -0.39 is 0 Å². The summed E-state index contributed by atoms with van der Waals surface area (Å²) >= 11 is 19.3. The van der Waals surface area contributed by atoms with Gasteiger partial charge in [0.1, 0.15) is 0 Å². The molecule has 166 valence electrons. The zero-order valence-corrected chi connectivity index (χ0v) is 20.0. The molecule has 0 spiro atoms. The Bertz CT molecular complexity index is 1290. The molecule has 1 amide bonds. The number of aromatic nitrogens is 3. The number of nitrogens with zero attached hydrogens (tertiary/aromatic N) is 4. The minimum atomic E-state index is -0.294. The molecule has 6 nitrogen and oxygen atoms in total. The lowest BCUT2D eigenvalue weighted by molar-refractivity contribution is -0.118. The van der Waals surface area contributed by atoms with Crippen molar-refractivity contribution in [2.45, 2.75) is 5.16 Å². The molecule has 0 fully saturated rings. The van der Waals surface area contributed by atoms with Gasteiger partial charge < -0.3 is 0 Å². The highest BCUT2D eigenvalue weighted by molar-refractivity contribution is 7.99. The molecule has 1 N–H and O–H groups in total. The second-order valence-electron chi connectivity index (χ2n) is 6.73. The fourth-order valence-electron chi connectivity index (χ4n) is 2.90. The highest BCUT2D eigenvalue weighted by Crippen LogP contribution is 2.28. The summed E-state index contributed by atoms with van der Waals surface area (Å²) < 4.78 is 1.90. The molecule has 0 aliphatic heterocycles. The van der Waals surface area contributed by atoms with Crippen molar-refractivity contribution in [2.24, 2.45) is 5.10 Å². The van der Waals surface area contributed by atoms with Gasteiger partial charge in [-0.05, 0) is 48.5 Å². The largest absolute Gasteiger partial charge is 0.272 e. The molecule has 0 atom stereocenters. The summed E-state index contributed by atoms with van der Waals surface area (Å²) in [4.78, 5) is 12.3. The van der Waals surface area contributed by atoms with Crippen LogP contribution in [-0.2, 0) is 4.79 Å². The number of amides is 1. The van der Waals surface area contributed by atoms with Gasteiger partial charge in [0.05, 0.1) is 17.0 Å². The molecule has 10 heteroatoms. The van der Waals surface area contributed by atoms with Crippen LogP contribution in [0.2, 0.25) is 15.1 Å². The van der Waals surface area contributed by atoms with E-state index in [2.05, 4.69) is 20.7 Å². The van der Waals surface area contributed by atoms with E-state index in [1.54, 1.807) is 30.3 Å². The number of benzene rings is 3. The fourth-order valence-corrected chi connectivity index (χ4v) is 4.23. The van der Waals surface area contributed by atoms with Gasteiger partial charge >= 0.3 is 0 Å². The summed E-state index contributed by atoms with van der Waals surface area (Å²) in [5, 5.41) is 14.8. The molecule has 4 rings (SSSR count). The third-order valence-corrected chi connectivity index (χ3v) is 6.18. The van der Waals surface area contributed by atoms with Crippen LogP contribution in [0.25, 0.3) is 17.1 Å². The molecule has 0 radical (unpaired) electrons. The summed E-state index contributed by atoms with van der Waals surface area (Å²) in [5.41, 5.74) is 4.88. The van der Waals surface area contributed by atoms with E-state index in [-0.39, 0.29) is 11.7 Å². The van der Waals surface area contributed by atoms with Gasteiger partial charge in [0, 0.05) is 26.9 Å². The third kappa shape index (κ3) is 5.94. The summed E-state index contributed by atoms with van der Waals surface area (Å²) in [6.07, 6.45) is 1.46. The van der Waals surface area contributed by atoms with E-state index >= 15 is 0 Å². The van der Waals surface area contributed by atoms with Crippen molar-refractivity contribution < 1.29 is 4.79 Å². The molecule has 0 aliphatic rings. The molecular formula is C23H16Cl3N5OS. The second-order valence-corrected chi connectivity index (χ2v) is 8.95. The van der Waals surface area contributed by atoms with Crippen molar-refractivity contribution >= 4 is 58.7 Å². The Morgan fingerprint density at radius 1 is 0.970 bits per heavy atom. The number of halogens is 3. The predicted octanol–water partition coefficient (Wildman–Crippen LogP) is 6.14. The lowest BCUT2D eigenvalue weighted by Crippen LogP contribution is -2.20. The number of rotatable bonds is 7. The highest BCUT2D eigenvalue weighted by Gasteiger charge is 2.17. The molecular weight excluding hydrogens is 501 g/mol. The van der Waals surface area contributed by atoms with E-state index in [1.165, 1.54) is 18.0 Å². The van der Waals surface area contributed by atoms with E-state index in [0.29, 0.717) is 31.6 Å². The van der Waals surface area contributed by atoms with E-state index in [9.17, 15) is 4.79 Å². The lowest BCUT2D eigenvalue weighted by atomic mass is 10.2. The van der Waals surface area contributed by atoms with Gasteiger partial charge in [0.25, 0.3) is 5.91 Å². The standard InChI is InChI=1S/C23H16Cl3N5OS/c24-17-9-6-15(7-10-17)22-29-30-23(31(22)19-4-2-1-3-5-19)33-14-21(32)28-27-13-16-8-11-18(25)12-20(16)26/h1-13H,14H2,(H,28,32). The predicted molar refractivity (Wildman–Crippen MR) is 135 cm³/mol. The number of nitrogens with one attached hydrogen (secondary N) is 1. The summed E-state index contributed by atoms with van der Waals surface area (Å²) in [6.45, 7) is 0. The molecule has 1 aromatic heterocycles. The van der Waals surface area contributed by atoms with Crippen LogP contribution < -0.4 is 5.43 Å². The molecule has 1 heterocycles. The van der Waals surface area contributed by atoms with Gasteiger partial charge in [-0.1, -0.05) is 70.8 Å². The van der Waals surface area contributed by atoms with Gasteiger partial charge in [-0.3, -0.25) is 9.36 Å². The van der Waals surface area contributed by atoms with Crippen molar-refractivity contribution in [1.29, 1.82) is 0 Å². The van der Waals surface area contributed by atoms with Gasteiger partial charge in [0.15, 0.2) is 11.0 Å². The zero-order chi connectivity index (χ0) is 23.2. The molecule has 0 unspecified atom stereocenters. The first-order valence-electron chi connectivity index (χ1n) is 9.68. The molecule has 4 aromatic rings. The normalized spacial score (nSPS) is 11.1. The molecule has 0 saturated carbocycles. The first-order chi connectivity index (χ1) is 16.0. The summed E-state index contributed by atoms with van der Waals surface area (Å²) in [5.74, 6) is 0.449. The monoisotopic (exact) mass is 515 g/mol. The molecule has 0 bridgehead atoms. The smallest absolute Gasteiger partial charge is 0.250 e. The number of para-hydroxylation sites is 1. The van der Waals surface area contributed by atoms with Crippen molar-refractivity contribution in [3.8, 4) is 17.1 Å². The van der Waals surface area contributed by atoms with Crippen LogP contribution in [-0.4, -0.2) is 32.6 Å². The average Bonchev–Trinajstić information content (AvgIpc) is 3.24. The van der Waals surface area contributed by atoms with Gasteiger partial charge in [-0.15, -0.1) is 10.2 Å². The Hall–Kier alpha value is -2.84. The van der Waals surface area contributed by atoms with Crippen molar-refractivity contribution in [3.05, 3.63) is 93.4 Å². The number of hydrazone groups is 1. The van der Waals surface area contributed by atoms with Crippen molar-refractivity contribution in [2.75, 3.05) is 5.75 Å². The van der Waals surface area contributed by atoms with Gasteiger partial charge in [-0.25, -0.2) is 5.43 Å². The fraction of sp³-hybridized carbons (Fsp3) is 0.0435. The zero-order valence-electron chi connectivity index (χ0n) is 17.0. The van der Waals surface area contributed by atoms with E-state index in [4.69, 9.17) is 34.8 Å². The minimum Gasteiger partial charge on any atom is -0.272 e. The quantitative estimate of drug-likeness (QED) is 0.182. The number of hydrogen-bond donors (Lipinski definition) is 1. The Kier molecular flexibility index (Phi) is 7.67. The Balaban J connectivity index is 1.49. The Morgan fingerprint density at radius 2 is 1.70 bits per heavy atom. The van der Waals surface area contributed by atoms with Crippen LogP contribution in [0.5, 0.6) is 0 Å². The minimum absolute atomic E-state index is 0.0945. The lowest BCUT2D eigenvalue weighted by Gasteiger charge is -2.10. The van der Waals surface area contributed by atoms with Crippen molar-refractivity contribution in [1.82, 2.24) is 20.2 Å². The maximum Gasteiger partial charge on any atom is 0.250 e. The van der Waals surface area contributed by atoms with Gasteiger partial charge in [-0.2, -0.15) is 5.10 Å². The SMILES string of the molecule is O=C(CSc1nnc(-c2ccc(Cl)cc2)n1-c1ccccc1)NN=Cc1ccc(Cl)cc1Cl. The maximum absolute atomic E-state index is 12.3.